The van der Waals surface area contributed by atoms with Crippen LogP contribution in [0.3, 0.4) is 0 Å². The monoisotopic (exact) mass is 883 g/mol. The van der Waals surface area contributed by atoms with Crippen LogP contribution < -0.4 is 0 Å². The number of ether oxygens (including phenoxy) is 8. The van der Waals surface area contributed by atoms with Gasteiger partial charge in [-0.1, -0.05) is 160 Å². The summed E-state index contributed by atoms with van der Waals surface area (Å²) in [5.74, 6) is -1.79. The number of hydrogen-bond donors (Lipinski definition) is 3. The molecule has 63 heavy (non-hydrogen) atoms. The molecule has 11 heteroatoms. The SMILES string of the molecule is CCCCC=CC=COC[C@H]1O[C@@](COC=CC=CCCCC)(O[C@H]2O[C@H](CO)[C@@H](O)[C@H](O)[C@H]2OC=CC=CCCCC)[C@@H](OC=CC=CCCCC)[C@@H]1OC=CC=CCCCC. The summed E-state index contributed by atoms with van der Waals surface area (Å²) in [5.41, 5.74) is 0. The molecule has 0 spiro atoms. The fraction of sp³-hybridized carbons (Fsp3) is 0.615. The molecule has 356 valence electrons. The summed E-state index contributed by atoms with van der Waals surface area (Å²) < 4.78 is 51.3. The quantitative estimate of drug-likeness (QED) is 0.0319. The first-order valence-corrected chi connectivity index (χ1v) is 23.7. The van der Waals surface area contributed by atoms with Crippen molar-refractivity contribution in [1.82, 2.24) is 0 Å². The van der Waals surface area contributed by atoms with Crippen molar-refractivity contribution < 1.29 is 53.2 Å². The van der Waals surface area contributed by atoms with Gasteiger partial charge in [-0.05, 0) is 62.5 Å². The van der Waals surface area contributed by atoms with Gasteiger partial charge in [0, 0.05) is 0 Å². The highest BCUT2D eigenvalue weighted by molar-refractivity contribution is 5.08. The number of allylic oxidation sites excluding steroid dienone is 15. The van der Waals surface area contributed by atoms with E-state index in [2.05, 4.69) is 58.9 Å². The largest absolute Gasteiger partial charge is 0.498 e. The number of hydrogen-bond acceptors (Lipinski definition) is 11. The van der Waals surface area contributed by atoms with Crippen LogP contribution in [0.25, 0.3) is 0 Å². The summed E-state index contributed by atoms with van der Waals surface area (Å²) in [7, 11) is 0. The van der Waals surface area contributed by atoms with E-state index in [9.17, 15) is 15.3 Å². The summed E-state index contributed by atoms with van der Waals surface area (Å²) in [6.07, 6.45) is 42.8. The topological polar surface area (TPSA) is 135 Å². The number of unbranched alkanes of at least 4 members (excludes halogenated alkanes) is 10. The van der Waals surface area contributed by atoms with E-state index in [-0.39, 0.29) is 13.2 Å². The molecule has 0 radical (unpaired) electrons. The van der Waals surface area contributed by atoms with E-state index in [1.54, 1.807) is 43.3 Å². The smallest absolute Gasteiger partial charge is 0.248 e. The van der Waals surface area contributed by atoms with Gasteiger partial charge in [0.2, 0.25) is 12.1 Å². The average Bonchev–Trinajstić information content (AvgIpc) is 3.57. The lowest BCUT2D eigenvalue weighted by molar-refractivity contribution is -0.383. The van der Waals surface area contributed by atoms with Gasteiger partial charge in [-0.25, -0.2) is 0 Å². The molecule has 0 aromatic carbocycles. The summed E-state index contributed by atoms with van der Waals surface area (Å²) in [4.78, 5) is 0. The maximum Gasteiger partial charge on any atom is 0.248 e. The van der Waals surface area contributed by atoms with E-state index >= 15 is 0 Å². The zero-order valence-corrected chi connectivity index (χ0v) is 39.0. The third kappa shape index (κ3) is 22.6. The van der Waals surface area contributed by atoms with Crippen LogP contribution in [0, 0.1) is 0 Å². The van der Waals surface area contributed by atoms with Crippen LogP contribution in [0.2, 0.25) is 0 Å². The summed E-state index contributed by atoms with van der Waals surface area (Å²) in [5, 5.41) is 32.7. The van der Waals surface area contributed by atoms with Gasteiger partial charge in [-0.2, -0.15) is 0 Å². The molecule has 2 saturated heterocycles. The Morgan fingerprint density at radius 3 is 1.38 bits per heavy atom. The molecule has 2 fully saturated rings. The molecule has 0 aromatic heterocycles. The van der Waals surface area contributed by atoms with Crippen molar-refractivity contribution in [3.8, 4) is 0 Å². The highest BCUT2D eigenvalue weighted by Gasteiger charge is 2.63. The average molecular weight is 883 g/mol. The van der Waals surface area contributed by atoms with Gasteiger partial charge in [0.25, 0.3) is 0 Å². The standard InChI is InChI=1S/C52H82O11/c1-6-11-16-21-26-31-36-56-42-45-48(58-38-33-28-23-18-13-8-3)50(60-40-35-30-25-20-15-10-5)52(62-45,43-57-37-32-27-22-17-12-7-2)63-51-49(47(55)46(54)44(41-53)61-51)59-39-34-29-24-19-14-9-4/h21-40,44-51,53-55H,6-20,41-43H2,1-5H3/t44-,45-,46-,47+,48-,49-,50+,51-,52+/m1/s1. The lowest BCUT2D eigenvalue weighted by Gasteiger charge is -2.44. The van der Waals surface area contributed by atoms with Crippen molar-refractivity contribution in [2.75, 3.05) is 19.8 Å². The van der Waals surface area contributed by atoms with E-state index in [4.69, 9.17) is 37.9 Å². The lowest BCUT2D eigenvalue weighted by atomic mass is 9.98. The third-order valence-electron chi connectivity index (χ3n) is 10.3. The van der Waals surface area contributed by atoms with Crippen molar-refractivity contribution in [1.29, 1.82) is 0 Å². The maximum atomic E-state index is 11.4. The Kier molecular flexibility index (Phi) is 32.0. The zero-order valence-electron chi connectivity index (χ0n) is 39.0. The molecule has 9 atom stereocenters. The van der Waals surface area contributed by atoms with E-state index in [1.807, 2.05) is 48.6 Å². The van der Waals surface area contributed by atoms with Gasteiger partial charge >= 0.3 is 0 Å². The molecule has 0 aliphatic carbocycles. The van der Waals surface area contributed by atoms with Gasteiger partial charge in [0.15, 0.2) is 18.3 Å². The van der Waals surface area contributed by atoms with Gasteiger partial charge in [-0.3, -0.25) is 0 Å². The van der Waals surface area contributed by atoms with Gasteiger partial charge in [-0.15, -0.1) is 0 Å². The van der Waals surface area contributed by atoms with E-state index in [0.29, 0.717) is 0 Å². The highest BCUT2D eigenvalue weighted by Crippen LogP contribution is 2.41. The molecule has 0 saturated carbocycles. The fourth-order valence-electron chi connectivity index (χ4n) is 6.58. The summed E-state index contributed by atoms with van der Waals surface area (Å²) in [6, 6.07) is 0. The van der Waals surface area contributed by atoms with Crippen LogP contribution >= 0.6 is 0 Å². The number of aliphatic hydroxyl groups is 3. The van der Waals surface area contributed by atoms with Crippen molar-refractivity contribution in [3.05, 3.63) is 122 Å². The van der Waals surface area contributed by atoms with Gasteiger partial charge in [0.1, 0.15) is 37.6 Å². The van der Waals surface area contributed by atoms with Gasteiger partial charge in [0.05, 0.1) is 37.9 Å². The van der Waals surface area contributed by atoms with E-state index < -0.39 is 61.4 Å². The Balaban J connectivity index is 2.69. The summed E-state index contributed by atoms with van der Waals surface area (Å²) >= 11 is 0. The molecule has 0 unspecified atom stereocenters. The minimum atomic E-state index is -1.79. The van der Waals surface area contributed by atoms with Crippen molar-refractivity contribution in [2.24, 2.45) is 0 Å². The second-order valence-electron chi connectivity index (χ2n) is 15.7. The second-order valence-corrected chi connectivity index (χ2v) is 15.7. The molecule has 2 heterocycles. The predicted octanol–water partition coefficient (Wildman–Crippen LogP) is 11.0. The van der Waals surface area contributed by atoms with Gasteiger partial charge < -0.3 is 53.2 Å². The zero-order chi connectivity index (χ0) is 45.6. The second kappa shape index (κ2) is 36.5. The van der Waals surface area contributed by atoms with Crippen LogP contribution in [0.4, 0.5) is 0 Å². The lowest BCUT2D eigenvalue weighted by Crippen LogP contribution is -2.63. The van der Waals surface area contributed by atoms with Crippen LogP contribution in [0.1, 0.15) is 131 Å². The maximum absolute atomic E-state index is 11.4. The third-order valence-corrected chi connectivity index (χ3v) is 10.3. The minimum Gasteiger partial charge on any atom is -0.498 e. The van der Waals surface area contributed by atoms with E-state index in [1.165, 1.54) is 6.26 Å². The molecule has 2 aliphatic heterocycles. The molecule has 0 aromatic rings. The van der Waals surface area contributed by atoms with Crippen molar-refractivity contribution in [2.45, 2.75) is 186 Å². The van der Waals surface area contributed by atoms with E-state index in [0.717, 1.165) is 96.3 Å². The first-order chi connectivity index (χ1) is 30.9. The Morgan fingerprint density at radius 2 is 0.921 bits per heavy atom. The molecular formula is C52H82O11. The minimum absolute atomic E-state index is 0.0465. The first-order valence-electron chi connectivity index (χ1n) is 23.7. The number of aliphatic hydroxyl groups excluding tert-OH is 3. The Bertz CT molecular complexity index is 1430. The normalized spacial score (nSPS) is 27.2. The Hall–Kier alpha value is -3.84. The molecular weight excluding hydrogens is 801 g/mol. The molecule has 11 nitrogen and oxygen atoms in total. The Labute approximate surface area is 380 Å². The highest BCUT2D eigenvalue weighted by atomic mass is 16.8. The molecule has 0 bridgehead atoms. The Morgan fingerprint density at radius 1 is 0.492 bits per heavy atom. The fourth-order valence-corrected chi connectivity index (χ4v) is 6.58. The summed E-state index contributed by atoms with van der Waals surface area (Å²) in [6.45, 7) is 9.98. The molecule has 3 N–H and O–H groups in total. The molecule has 2 aliphatic rings. The van der Waals surface area contributed by atoms with Crippen molar-refractivity contribution >= 4 is 0 Å². The van der Waals surface area contributed by atoms with Crippen LogP contribution in [0.5, 0.6) is 0 Å². The molecule has 0 amide bonds. The van der Waals surface area contributed by atoms with Crippen LogP contribution in [-0.4, -0.2) is 89.9 Å². The van der Waals surface area contributed by atoms with Crippen molar-refractivity contribution in [3.63, 3.8) is 0 Å². The van der Waals surface area contributed by atoms with Crippen LogP contribution in [-0.2, 0) is 37.9 Å². The number of rotatable bonds is 35. The first kappa shape index (κ1) is 55.3. The molecule has 2 rings (SSSR count). The predicted molar refractivity (Wildman–Crippen MR) is 252 cm³/mol. The van der Waals surface area contributed by atoms with Crippen LogP contribution in [0.15, 0.2) is 122 Å².